The highest BCUT2D eigenvalue weighted by Crippen LogP contribution is 2.34. The van der Waals surface area contributed by atoms with E-state index in [1.165, 1.54) is 18.4 Å². The van der Waals surface area contributed by atoms with Crippen LogP contribution in [0.5, 0.6) is 0 Å². The third kappa shape index (κ3) is 2.62. The molecule has 66 valence electrons. The van der Waals surface area contributed by atoms with Gasteiger partial charge in [-0.15, -0.1) is 0 Å². The van der Waals surface area contributed by atoms with E-state index in [1.807, 2.05) is 0 Å². The van der Waals surface area contributed by atoms with E-state index in [2.05, 4.69) is 4.42 Å². The van der Waals surface area contributed by atoms with Gasteiger partial charge < -0.3 is 14.2 Å². The van der Waals surface area contributed by atoms with Crippen LogP contribution in [0, 0.1) is 0 Å². The molecule has 5 nitrogen and oxygen atoms in total. The summed E-state index contributed by atoms with van der Waals surface area (Å²) in [5.74, 6) is -0.716. The maximum atomic E-state index is 10.9. The minimum absolute atomic E-state index is 0.0293. The first-order chi connectivity index (χ1) is 5.49. The summed E-state index contributed by atoms with van der Waals surface area (Å²) in [6, 6.07) is 2.84. The van der Waals surface area contributed by atoms with Crippen LogP contribution in [-0.4, -0.2) is 21.7 Å². The lowest BCUT2D eigenvalue weighted by Crippen LogP contribution is -2.04. The molecule has 2 N–H and O–H groups in total. The Kier molecular flexibility index (Phi) is 2.47. The molecule has 0 aliphatic carbocycles. The van der Waals surface area contributed by atoms with Crippen LogP contribution >= 0.6 is 7.60 Å². The lowest BCUT2D eigenvalue weighted by atomic mass is 10.3. The Morgan fingerprint density at radius 3 is 2.67 bits per heavy atom. The molecule has 0 aliphatic rings. The number of carbonyl (C=O) groups is 1. The van der Waals surface area contributed by atoms with Crippen molar-refractivity contribution in [3.63, 3.8) is 0 Å². The Hall–Kier alpha value is -0.900. The van der Waals surface area contributed by atoms with Crippen molar-refractivity contribution in [1.29, 1.82) is 0 Å². The third-order valence-corrected chi connectivity index (χ3v) is 1.84. The van der Waals surface area contributed by atoms with Gasteiger partial charge in [-0.1, -0.05) is 0 Å². The number of Topliss-reactive ketones (excluding diaryl/α,β-unsaturated/α-hetero) is 1. The number of hydrogen-bond acceptors (Lipinski definition) is 3. The average Bonchev–Trinajstić information content (AvgIpc) is 2.32. The minimum Gasteiger partial charge on any atom is -0.461 e. The standard InChI is InChI=1S/C6H7O5P/c7-5(4-12(8,9)10)6-2-1-3-11-6/h1-3H,4H2,(H2,8,9,10). The van der Waals surface area contributed by atoms with Crippen molar-refractivity contribution in [2.24, 2.45) is 0 Å². The zero-order valence-corrected chi connectivity index (χ0v) is 6.90. The lowest BCUT2D eigenvalue weighted by Gasteiger charge is -1.99. The van der Waals surface area contributed by atoms with Gasteiger partial charge in [0, 0.05) is 0 Å². The highest BCUT2D eigenvalue weighted by atomic mass is 31.2. The smallest absolute Gasteiger partial charge is 0.333 e. The summed E-state index contributed by atoms with van der Waals surface area (Å²) in [6.07, 6.45) is 0.466. The Morgan fingerprint density at radius 2 is 2.25 bits per heavy atom. The SMILES string of the molecule is O=C(CP(=O)(O)O)c1ccco1. The minimum atomic E-state index is -4.27. The summed E-state index contributed by atoms with van der Waals surface area (Å²) in [7, 11) is -4.27. The molecule has 6 heteroatoms. The topological polar surface area (TPSA) is 87.7 Å². The highest BCUT2D eigenvalue weighted by Gasteiger charge is 2.21. The summed E-state index contributed by atoms with van der Waals surface area (Å²) in [5, 5.41) is 0. The van der Waals surface area contributed by atoms with Gasteiger partial charge in [0.05, 0.1) is 6.26 Å². The van der Waals surface area contributed by atoms with Crippen molar-refractivity contribution in [3.8, 4) is 0 Å². The fraction of sp³-hybridized carbons (Fsp3) is 0.167. The van der Waals surface area contributed by atoms with Crippen molar-refractivity contribution < 1.29 is 23.6 Å². The van der Waals surface area contributed by atoms with E-state index in [-0.39, 0.29) is 5.76 Å². The molecule has 0 saturated heterocycles. The number of hydrogen-bond donors (Lipinski definition) is 2. The molecule has 0 spiro atoms. The number of furan rings is 1. The largest absolute Gasteiger partial charge is 0.461 e. The monoisotopic (exact) mass is 190 g/mol. The summed E-state index contributed by atoms with van der Waals surface area (Å²) in [6.45, 7) is 0. The molecule has 0 radical (unpaired) electrons. The molecule has 0 aliphatic heterocycles. The molecule has 1 aromatic heterocycles. The molecule has 0 unspecified atom stereocenters. The summed E-state index contributed by atoms with van der Waals surface area (Å²) in [4.78, 5) is 27.8. The van der Waals surface area contributed by atoms with Crippen LogP contribution in [0.2, 0.25) is 0 Å². The second-order valence-corrected chi connectivity index (χ2v) is 3.87. The average molecular weight is 190 g/mol. The third-order valence-electron chi connectivity index (χ3n) is 1.15. The fourth-order valence-corrected chi connectivity index (χ4v) is 1.23. The van der Waals surface area contributed by atoms with E-state index in [9.17, 15) is 9.36 Å². The van der Waals surface area contributed by atoms with E-state index >= 15 is 0 Å². The van der Waals surface area contributed by atoms with Gasteiger partial charge in [-0.25, -0.2) is 0 Å². The Bertz CT molecular complexity index is 309. The Morgan fingerprint density at radius 1 is 1.58 bits per heavy atom. The van der Waals surface area contributed by atoms with Crippen LogP contribution in [-0.2, 0) is 4.57 Å². The van der Waals surface area contributed by atoms with Gasteiger partial charge in [-0.3, -0.25) is 9.36 Å². The number of carbonyl (C=O) groups excluding carboxylic acids is 1. The quantitative estimate of drug-likeness (QED) is 0.539. The van der Waals surface area contributed by atoms with Crippen molar-refractivity contribution in [2.45, 2.75) is 0 Å². The van der Waals surface area contributed by atoms with Crippen LogP contribution < -0.4 is 0 Å². The van der Waals surface area contributed by atoms with Gasteiger partial charge >= 0.3 is 7.60 Å². The molecular formula is C6H7O5P. The van der Waals surface area contributed by atoms with Crippen LogP contribution in [0.15, 0.2) is 22.8 Å². The van der Waals surface area contributed by atoms with Gasteiger partial charge in [-0.2, -0.15) is 0 Å². The molecule has 0 aromatic carbocycles. The van der Waals surface area contributed by atoms with Gasteiger partial charge in [0.25, 0.3) is 0 Å². The molecule has 0 amide bonds. The Labute approximate surface area is 68.2 Å². The molecule has 0 bridgehead atoms. The fourth-order valence-electron chi connectivity index (χ4n) is 0.702. The first-order valence-electron chi connectivity index (χ1n) is 3.10. The van der Waals surface area contributed by atoms with E-state index in [4.69, 9.17) is 9.79 Å². The Balaban J connectivity index is 2.69. The molecule has 0 saturated carbocycles. The van der Waals surface area contributed by atoms with E-state index in [0.717, 1.165) is 0 Å². The van der Waals surface area contributed by atoms with E-state index in [1.54, 1.807) is 0 Å². The van der Waals surface area contributed by atoms with Crippen LogP contribution in [0.3, 0.4) is 0 Å². The predicted molar refractivity (Wildman–Crippen MR) is 39.9 cm³/mol. The predicted octanol–water partition coefficient (Wildman–Crippen LogP) is 0.640. The van der Waals surface area contributed by atoms with Gasteiger partial charge in [-0.05, 0) is 12.1 Å². The van der Waals surface area contributed by atoms with Gasteiger partial charge in [0.2, 0.25) is 5.78 Å². The zero-order valence-electron chi connectivity index (χ0n) is 6.01. The lowest BCUT2D eigenvalue weighted by molar-refractivity contribution is 0.0985. The maximum Gasteiger partial charge on any atom is 0.333 e. The molecule has 1 aromatic rings. The molecular weight excluding hydrogens is 183 g/mol. The summed E-state index contributed by atoms with van der Waals surface area (Å²) in [5.41, 5.74) is 0. The van der Waals surface area contributed by atoms with E-state index in [0.29, 0.717) is 0 Å². The molecule has 1 heterocycles. The van der Waals surface area contributed by atoms with Gasteiger partial charge in [0.1, 0.15) is 6.16 Å². The first kappa shape index (κ1) is 9.19. The van der Waals surface area contributed by atoms with Crippen LogP contribution in [0.25, 0.3) is 0 Å². The maximum absolute atomic E-state index is 10.9. The number of rotatable bonds is 3. The van der Waals surface area contributed by atoms with Crippen molar-refractivity contribution in [3.05, 3.63) is 24.2 Å². The van der Waals surface area contributed by atoms with E-state index < -0.39 is 19.5 Å². The molecule has 1 rings (SSSR count). The second kappa shape index (κ2) is 3.23. The zero-order chi connectivity index (χ0) is 9.19. The van der Waals surface area contributed by atoms with Crippen LogP contribution in [0.4, 0.5) is 0 Å². The molecule has 12 heavy (non-hydrogen) atoms. The second-order valence-electron chi connectivity index (χ2n) is 2.22. The summed E-state index contributed by atoms with van der Waals surface area (Å²) >= 11 is 0. The number of ketones is 1. The van der Waals surface area contributed by atoms with Crippen molar-refractivity contribution in [2.75, 3.05) is 6.16 Å². The van der Waals surface area contributed by atoms with Crippen LogP contribution in [0.1, 0.15) is 10.6 Å². The van der Waals surface area contributed by atoms with Crippen molar-refractivity contribution in [1.82, 2.24) is 0 Å². The molecule has 0 fully saturated rings. The highest BCUT2D eigenvalue weighted by molar-refractivity contribution is 7.52. The molecule has 0 atom stereocenters. The van der Waals surface area contributed by atoms with Crippen molar-refractivity contribution >= 4 is 13.4 Å². The first-order valence-corrected chi connectivity index (χ1v) is 4.90. The normalized spacial score (nSPS) is 11.5. The van der Waals surface area contributed by atoms with Gasteiger partial charge in [0.15, 0.2) is 5.76 Å². The summed E-state index contributed by atoms with van der Waals surface area (Å²) < 4.78 is 15.0.